The van der Waals surface area contributed by atoms with E-state index in [0.29, 0.717) is 5.69 Å². The average molecular weight is 235 g/mol. The Labute approximate surface area is 96.1 Å². The Hall–Kier alpha value is -1.88. The molecule has 82 valence electrons. The summed E-state index contributed by atoms with van der Waals surface area (Å²) in [4.78, 5) is 14.5. The van der Waals surface area contributed by atoms with Gasteiger partial charge in [0.2, 0.25) is 5.01 Å². The summed E-state index contributed by atoms with van der Waals surface area (Å²) in [5.74, 6) is -0.261. The maximum atomic E-state index is 10.6. The largest absolute Gasteiger partial charge is 0.487 e. The maximum Gasteiger partial charge on any atom is 0.365 e. The van der Waals surface area contributed by atoms with Crippen molar-refractivity contribution in [1.82, 2.24) is 4.98 Å². The summed E-state index contributed by atoms with van der Waals surface area (Å²) < 4.78 is 5.44. The highest BCUT2D eigenvalue weighted by Crippen LogP contribution is 2.14. The number of ether oxygens (including phenoxy) is 1. The van der Waals surface area contributed by atoms with Gasteiger partial charge in [0, 0.05) is 5.38 Å². The van der Waals surface area contributed by atoms with Gasteiger partial charge in [-0.05, 0) is 12.1 Å². The third kappa shape index (κ3) is 2.58. The molecule has 1 heterocycles. The SMILES string of the molecule is O=C(O)c1nc(COc2ccccc2)cs1. The molecular formula is C11H9NO3S. The molecule has 4 nitrogen and oxygen atoms in total. The molecule has 1 aromatic heterocycles. The van der Waals surface area contributed by atoms with E-state index in [9.17, 15) is 4.79 Å². The fraction of sp³-hybridized carbons (Fsp3) is 0.0909. The van der Waals surface area contributed by atoms with Gasteiger partial charge < -0.3 is 9.84 Å². The van der Waals surface area contributed by atoms with Gasteiger partial charge in [0.15, 0.2) is 0 Å². The predicted molar refractivity (Wildman–Crippen MR) is 59.8 cm³/mol. The number of carbonyl (C=O) groups is 1. The Kier molecular flexibility index (Phi) is 3.16. The van der Waals surface area contributed by atoms with Crippen LogP contribution in [-0.4, -0.2) is 16.1 Å². The van der Waals surface area contributed by atoms with Crippen LogP contribution in [0, 0.1) is 0 Å². The van der Waals surface area contributed by atoms with E-state index >= 15 is 0 Å². The predicted octanol–water partition coefficient (Wildman–Crippen LogP) is 2.42. The molecule has 1 aromatic carbocycles. The smallest absolute Gasteiger partial charge is 0.365 e. The Morgan fingerprint density at radius 3 is 2.75 bits per heavy atom. The van der Waals surface area contributed by atoms with Crippen molar-refractivity contribution in [3.63, 3.8) is 0 Å². The molecule has 0 atom stereocenters. The van der Waals surface area contributed by atoms with Crippen molar-refractivity contribution in [1.29, 1.82) is 0 Å². The first-order chi connectivity index (χ1) is 7.75. The van der Waals surface area contributed by atoms with Crippen LogP contribution < -0.4 is 4.74 Å². The van der Waals surface area contributed by atoms with Gasteiger partial charge in [0.25, 0.3) is 0 Å². The fourth-order valence-electron chi connectivity index (χ4n) is 1.15. The standard InChI is InChI=1S/C11H9NO3S/c13-11(14)10-12-8(7-16-10)6-15-9-4-2-1-3-5-9/h1-5,7H,6H2,(H,13,14). The van der Waals surface area contributed by atoms with Gasteiger partial charge >= 0.3 is 5.97 Å². The second-order valence-corrected chi connectivity index (χ2v) is 3.91. The number of benzene rings is 1. The molecule has 0 aliphatic rings. The average Bonchev–Trinajstić information content (AvgIpc) is 2.76. The first kappa shape index (κ1) is 10.6. The van der Waals surface area contributed by atoms with Crippen molar-refractivity contribution in [2.75, 3.05) is 0 Å². The molecule has 0 aliphatic carbocycles. The number of carboxylic acid groups (broad SMARTS) is 1. The molecule has 0 saturated carbocycles. The van der Waals surface area contributed by atoms with E-state index in [4.69, 9.17) is 9.84 Å². The summed E-state index contributed by atoms with van der Waals surface area (Å²) in [6, 6.07) is 9.32. The lowest BCUT2D eigenvalue weighted by molar-refractivity contribution is 0.0696. The molecule has 0 bridgehead atoms. The number of hydrogen-bond acceptors (Lipinski definition) is 4. The number of aromatic carboxylic acids is 1. The summed E-state index contributed by atoms with van der Waals surface area (Å²) in [6.45, 7) is 0.286. The van der Waals surface area contributed by atoms with Crippen LogP contribution in [0.3, 0.4) is 0 Å². The third-order valence-electron chi connectivity index (χ3n) is 1.86. The fourth-order valence-corrected chi connectivity index (χ4v) is 1.78. The van der Waals surface area contributed by atoms with E-state index in [0.717, 1.165) is 17.1 Å². The van der Waals surface area contributed by atoms with E-state index in [1.807, 2.05) is 30.3 Å². The number of nitrogens with zero attached hydrogens (tertiary/aromatic N) is 1. The zero-order chi connectivity index (χ0) is 11.4. The number of aromatic nitrogens is 1. The highest BCUT2D eigenvalue weighted by atomic mass is 32.1. The van der Waals surface area contributed by atoms with Gasteiger partial charge in [-0.1, -0.05) is 18.2 Å². The first-order valence-electron chi connectivity index (χ1n) is 4.61. The van der Waals surface area contributed by atoms with Crippen LogP contribution in [0.2, 0.25) is 0 Å². The van der Waals surface area contributed by atoms with E-state index < -0.39 is 5.97 Å². The highest BCUT2D eigenvalue weighted by molar-refractivity contribution is 7.11. The number of rotatable bonds is 4. The van der Waals surface area contributed by atoms with Gasteiger partial charge in [-0.3, -0.25) is 0 Å². The first-order valence-corrected chi connectivity index (χ1v) is 5.49. The minimum Gasteiger partial charge on any atom is -0.487 e. The lowest BCUT2D eigenvalue weighted by Crippen LogP contribution is -1.98. The van der Waals surface area contributed by atoms with Gasteiger partial charge in [0.1, 0.15) is 12.4 Å². The summed E-state index contributed by atoms with van der Waals surface area (Å²) in [6.07, 6.45) is 0. The second kappa shape index (κ2) is 4.76. The molecule has 0 amide bonds. The molecular weight excluding hydrogens is 226 g/mol. The zero-order valence-corrected chi connectivity index (χ0v) is 9.11. The second-order valence-electron chi connectivity index (χ2n) is 3.05. The number of hydrogen-bond donors (Lipinski definition) is 1. The molecule has 5 heteroatoms. The van der Waals surface area contributed by atoms with Crippen molar-refractivity contribution < 1.29 is 14.6 Å². The van der Waals surface area contributed by atoms with Crippen molar-refractivity contribution in [3.8, 4) is 5.75 Å². The van der Waals surface area contributed by atoms with Crippen LogP contribution in [0.4, 0.5) is 0 Å². The molecule has 0 spiro atoms. The van der Waals surface area contributed by atoms with Gasteiger partial charge in [-0.2, -0.15) is 0 Å². The van der Waals surface area contributed by atoms with Crippen LogP contribution in [0.1, 0.15) is 15.5 Å². The topological polar surface area (TPSA) is 59.4 Å². The molecule has 0 radical (unpaired) electrons. The van der Waals surface area contributed by atoms with Crippen LogP contribution in [0.5, 0.6) is 5.75 Å². The monoisotopic (exact) mass is 235 g/mol. The molecule has 0 unspecified atom stereocenters. The Morgan fingerprint density at radius 1 is 1.38 bits per heavy atom. The maximum absolute atomic E-state index is 10.6. The van der Waals surface area contributed by atoms with Gasteiger partial charge in [-0.25, -0.2) is 9.78 Å². The number of para-hydroxylation sites is 1. The molecule has 0 saturated heterocycles. The Balaban J connectivity index is 1.97. The molecule has 16 heavy (non-hydrogen) atoms. The molecule has 1 N–H and O–H groups in total. The summed E-state index contributed by atoms with van der Waals surface area (Å²) in [5.41, 5.74) is 0.631. The number of thiazole rings is 1. The van der Waals surface area contributed by atoms with Crippen LogP contribution in [0.15, 0.2) is 35.7 Å². The van der Waals surface area contributed by atoms with E-state index in [2.05, 4.69) is 4.98 Å². The minimum atomic E-state index is -1.00. The van der Waals surface area contributed by atoms with E-state index in [1.165, 1.54) is 0 Å². The molecule has 2 aromatic rings. The van der Waals surface area contributed by atoms with Crippen molar-refractivity contribution in [3.05, 3.63) is 46.4 Å². The Morgan fingerprint density at radius 2 is 2.12 bits per heavy atom. The van der Waals surface area contributed by atoms with Crippen molar-refractivity contribution in [2.45, 2.75) is 6.61 Å². The van der Waals surface area contributed by atoms with Gasteiger partial charge in [0.05, 0.1) is 5.69 Å². The molecule has 2 rings (SSSR count). The molecule has 0 fully saturated rings. The van der Waals surface area contributed by atoms with Gasteiger partial charge in [-0.15, -0.1) is 11.3 Å². The summed E-state index contributed by atoms with van der Waals surface area (Å²) in [5, 5.41) is 10.5. The van der Waals surface area contributed by atoms with E-state index in [-0.39, 0.29) is 11.6 Å². The summed E-state index contributed by atoms with van der Waals surface area (Å²) >= 11 is 1.10. The zero-order valence-electron chi connectivity index (χ0n) is 8.29. The lowest BCUT2D eigenvalue weighted by Gasteiger charge is -2.02. The van der Waals surface area contributed by atoms with Crippen LogP contribution in [-0.2, 0) is 6.61 Å². The quantitative estimate of drug-likeness (QED) is 0.884. The lowest BCUT2D eigenvalue weighted by atomic mass is 10.3. The highest BCUT2D eigenvalue weighted by Gasteiger charge is 2.08. The molecule has 0 aliphatic heterocycles. The minimum absolute atomic E-state index is 0.0895. The van der Waals surface area contributed by atoms with Crippen molar-refractivity contribution in [2.24, 2.45) is 0 Å². The van der Waals surface area contributed by atoms with Crippen molar-refractivity contribution >= 4 is 17.3 Å². The Bertz CT molecular complexity index is 481. The normalized spacial score (nSPS) is 10.0. The van der Waals surface area contributed by atoms with E-state index in [1.54, 1.807) is 5.38 Å². The van der Waals surface area contributed by atoms with Crippen LogP contribution >= 0.6 is 11.3 Å². The van der Waals surface area contributed by atoms with Crippen LogP contribution in [0.25, 0.3) is 0 Å². The third-order valence-corrected chi connectivity index (χ3v) is 2.74. The summed E-state index contributed by atoms with van der Waals surface area (Å²) in [7, 11) is 0. The number of carboxylic acids is 1.